The number of benzene rings is 3. The number of halogens is 2. The minimum Gasteiger partial charge on any atom is -0.489 e. The van der Waals surface area contributed by atoms with E-state index in [1.165, 1.54) is 24.3 Å². The number of carboxylic acid groups (broad SMARTS) is 2. The van der Waals surface area contributed by atoms with Crippen molar-refractivity contribution >= 4 is 34.5 Å². The third-order valence-electron chi connectivity index (χ3n) is 6.10. The second kappa shape index (κ2) is 13.9. The zero-order chi connectivity index (χ0) is 30.2. The molecule has 216 valence electrons. The summed E-state index contributed by atoms with van der Waals surface area (Å²) in [4.78, 5) is 21.6. The largest absolute Gasteiger partial charge is 0.489 e. The van der Waals surface area contributed by atoms with E-state index < -0.39 is 11.9 Å². The Morgan fingerprint density at radius 1 is 0.690 bits per heavy atom. The third kappa shape index (κ3) is 8.23. The van der Waals surface area contributed by atoms with Crippen LogP contribution in [0.1, 0.15) is 43.8 Å². The van der Waals surface area contributed by atoms with Gasteiger partial charge in [0.1, 0.15) is 42.1 Å². The van der Waals surface area contributed by atoms with Gasteiger partial charge in [0.15, 0.2) is 0 Å². The van der Waals surface area contributed by atoms with Gasteiger partial charge in [0.25, 0.3) is 0 Å². The second-order valence-electron chi connectivity index (χ2n) is 9.06. The summed E-state index contributed by atoms with van der Waals surface area (Å²) in [6, 6.07) is 24.2. The SMILES string of the molecule is Cc1oc(C(=O)O)cc1COc1ccc(-c2ccc(F)cc2)cc1.Cc1oc(C(=O)O)cc1COc1ccc(I)cc1. The van der Waals surface area contributed by atoms with Crippen LogP contribution in [0.3, 0.4) is 0 Å². The highest BCUT2D eigenvalue weighted by Crippen LogP contribution is 2.24. The Bertz CT molecular complexity index is 1650. The predicted octanol–water partition coefficient (Wildman–Crippen LogP) is 8.14. The molecule has 0 aliphatic carbocycles. The lowest BCUT2D eigenvalue weighted by Crippen LogP contribution is -1.96. The van der Waals surface area contributed by atoms with Crippen LogP contribution in [-0.4, -0.2) is 22.2 Å². The first kappa shape index (κ1) is 30.4. The van der Waals surface area contributed by atoms with Gasteiger partial charge in [0.2, 0.25) is 11.5 Å². The lowest BCUT2D eigenvalue weighted by molar-refractivity contribution is 0.0651. The first-order valence-corrected chi connectivity index (χ1v) is 13.7. The lowest BCUT2D eigenvalue weighted by Gasteiger charge is -2.07. The van der Waals surface area contributed by atoms with Crippen LogP contribution in [0.2, 0.25) is 0 Å². The average Bonchev–Trinajstić information content (AvgIpc) is 3.55. The molecule has 0 spiro atoms. The zero-order valence-electron chi connectivity index (χ0n) is 22.6. The monoisotopic (exact) mass is 684 g/mol. The summed E-state index contributed by atoms with van der Waals surface area (Å²) in [5.74, 6) is -0.118. The van der Waals surface area contributed by atoms with E-state index in [1.807, 2.05) is 48.5 Å². The molecule has 0 aliphatic rings. The van der Waals surface area contributed by atoms with E-state index in [4.69, 9.17) is 28.5 Å². The van der Waals surface area contributed by atoms with Crippen LogP contribution in [-0.2, 0) is 13.2 Å². The number of hydrogen-bond donors (Lipinski definition) is 2. The van der Waals surface area contributed by atoms with Crippen molar-refractivity contribution in [3.8, 4) is 22.6 Å². The Morgan fingerprint density at radius 2 is 1.07 bits per heavy atom. The van der Waals surface area contributed by atoms with Crippen LogP contribution < -0.4 is 9.47 Å². The van der Waals surface area contributed by atoms with E-state index >= 15 is 0 Å². The Kier molecular flexibility index (Phi) is 10.0. The molecule has 0 fully saturated rings. The van der Waals surface area contributed by atoms with Crippen LogP contribution in [0.4, 0.5) is 4.39 Å². The molecule has 2 N–H and O–H groups in total. The van der Waals surface area contributed by atoms with Crippen LogP contribution in [0, 0.1) is 23.2 Å². The van der Waals surface area contributed by atoms with Crippen molar-refractivity contribution < 1.29 is 42.5 Å². The molecule has 42 heavy (non-hydrogen) atoms. The van der Waals surface area contributed by atoms with Crippen molar-refractivity contribution in [3.05, 3.63) is 128 Å². The predicted molar refractivity (Wildman–Crippen MR) is 160 cm³/mol. The number of furan rings is 2. The van der Waals surface area contributed by atoms with Gasteiger partial charge in [-0.15, -0.1) is 0 Å². The molecule has 8 nitrogen and oxygen atoms in total. The minimum atomic E-state index is -1.10. The summed E-state index contributed by atoms with van der Waals surface area (Å²) >= 11 is 2.22. The molecule has 5 aromatic rings. The smallest absolute Gasteiger partial charge is 0.371 e. The molecule has 2 aromatic heterocycles. The highest BCUT2D eigenvalue weighted by molar-refractivity contribution is 14.1. The summed E-state index contributed by atoms with van der Waals surface area (Å²) < 4.78 is 35.6. The first-order chi connectivity index (χ1) is 20.1. The molecule has 0 saturated carbocycles. The van der Waals surface area contributed by atoms with Gasteiger partial charge < -0.3 is 28.5 Å². The van der Waals surface area contributed by atoms with E-state index in [0.29, 0.717) is 29.4 Å². The fourth-order valence-corrected chi connectivity index (χ4v) is 4.14. The van der Waals surface area contributed by atoms with Gasteiger partial charge in [-0.25, -0.2) is 14.0 Å². The highest BCUT2D eigenvalue weighted by atomic mass is 127. The number of aromatic carboxylic acids is 2. The molecular weight excluding hydrogens is 658 g/mol. The molecule has 0 amide bonds. The van der Waals surface area contributed by atoms with Crippen molar-refractivity contribution in [2.75, 3.05) is 0 Å². The highest BCUT2D eigenvalue weighted by Gasteiger charge is 2.14. The minimum absolute atomic E-state index is 0.0614. The van der Waals surface area contributed by atoms with Crippen molar-refractivity contribution in [1.82, 2.24) is 0 Å². The summed E-state index contributed by atoms with van der Waals surface area (Å²) in [5.41, 5.74) is 3.30. The van der Waals surface area contributed by atoms with E-state index in [-0.39, 0.29) is 23.9 Å². The first-order valence-electron chi connectivity index (χ1n) is 12.6. The third-order valence-corrected chi connectivity index (χ3v) is 6.82. The molecule has 0 unspecified atom stereocenters. The topological polar surface area (TPSA) is 119 Å². The van der Waals surface area contributed by atoms with Crippen molar-refractivity contribution in [1.29, 1.82) is 0 Å². The van der Waals surface area contributed by atoms with E-state index in [2.05, 4.69) is 22.6 Å². The molecule has 0 bridgehead atoms. The molecule has 2 heterocycles. The normalized spacial score (nSPS) is 10.5. The van der Waals surface area contributed by atoms with E-state index in [9.17, 15) is 14.0 Å². The zero-order valence-corrected chi connectivity index (χ0v) is 24.8. The maximum absolute atomic E-state index is 12.9. The molecule has 5 rings (SSSR count). The Hall–Kier alpha value is -4.58. The van der Waals surface area contributed by atoms with Gasteiger partial charge in [-0.3, -0.25) is 0 Å². The molecule has 3 aromatic carbocycles. The number of carbonyl (C=O) groups is 2. The summed E-state index contributed by atoms with van der Waals surface area (Å²) in [6.07, 6.45) is 0. The van der Waals surface area contributed by atoms with Crippen molar-refractivity contribution in [2.24, 2.45) is 0 Å². The van der Waals surface area contributed by atoms with Crippen LogP contribution >= 0.6 is 22.6 Å². The fraction of sp³-hybridized carbons (Fsp3) is 0.125. The molecule has 10 heteroatoms. The molecular formula is C32H26FIO8. The maximum Gasteiger partial charge on any atom is 0.371 e. The van der Waals surface area contributed by atoms with Crippen LogP contribution in [0.5, 0.6) is 11.5 Å². The van der Waals surface area contributed by atoms with Gasteiger partial charge >= 0.3 is 11.9 Å². The average molecular weight is 684 g/mol. The maximum atomic E-state index is 12.9. The Morgan fingerprint density at radius 3 is 1.45 bits per heavy atom. The number of rotatable bonds is 9. The second-order valence-corrected chi connectivity index (χ2v) is 10.3. The van der Waals surface area contributed by atoms with Gasteiger partial charge in [-0.2, -0.15) is 0 Å². The number of aryl methyl sites for hydroxylation is 2. The van der Waals surface area contributed by atoms with Gasteiger partial charge in [0.05, 0.1) is 0 Å². The molecule has 0 saturated heterocycles. The fourth-order valence-electron chi connectivity index (χ4n) is 3.78. The quantitative estimate of drug-likeness (QED) is 0.149. The van der Waals surface area contributed by atoms with Gasteiger partial charge in [-0.05, 0) is 108 Å². The Balaban J connectivity index is 0.000000201. The van der Waals surface area contributed by atoms with Gasteiger partial charge in [0, 0.05) is 14.7 Å². The summed E-state index contributed by atoms with van der Waals surface area (Å²) in [5, 5.41) is 17.7. The standard InChI is InChI=1S/C19H15FO4.C13H11IO4/c1-12-15(10-18(24-12)19(21)22)11-23-17-8-4-14(5-9-17)13-2-6-16(20)7-3-13;1-8-9(6-12(18-8)13(15)16)7-17-11-4-2-10(14)3-5-11/h2-10H,11H2,1H3,(H,21,22);2-6H,7H2,1H3,(H,15,16). The van der Waals surface area contributed by atoms with Crippen molar-refractivity contribution in [2.45, 2.75) is 27.1 Å². The number of carboxylic acids is 2. The number of ether oxygens (including phenoxy) is 2. The van der Waals surface area contributed by atoms with Crippen LogP contribution in [0.25, 0.3) is 11.1 Å². The summed E-state index contributed by atoms with van der Waals surface area (Å²) in [7, 11) is 0. The van der Waals surface area contributed by atoms with Gasteiger partial charge in [-0.1, -0.05) is 24.3 Å². The summed E-state index contributed by atoms with van der Waals surface area (Å²) in [6.45, 7) is 3.93. The van der Waals surface area contributed by atoms with E-state index in [0.717, 1.165) is 26.0 Å². The molecule has 0 atom stereocenters. The van der Waals surface area contributed by atoms with Crippen molar-refractivity contribution in [3.63, 3.8) is 0 Å². The van der Waals surface area contributed by atoms with E-state index in [1.54, 1.807) is 26.0 Å². The lowest BCUT2D eigenvalue weighted by atomic mass is 10.1. The molecule has 0 radical (unpaired) electrons. The van der Waals surface area contributed by atoms with Crippen LogP contribution in [0.15, 0.2) is 93.8 Å². The Labute approximate surface area is 254 Å². The molecule has 0 aliphatic heterocycles. The number of hydrogen-bond acceptors (Lipinski definition) is 6.